The normalized spacial score (nSPS) is 10.2. The third-order valence-corrected chi connectivity index (χ3v) is 1.50. The minimum absolute atomic E-state index is 0. The van der Waals surface area contributed by atoms with Gasteiger partial charge < -0.3 is 26.7 Å². The zero-order chi connectivity index (χ0) is 16.1. The van der Waals surface area contributed by atoms with Crippen molar-refractivity contribution < 1.29 is 67.4 Å². The molecule has 0 spiro atoms. The first-order valence-corrected chi connectivity index (χ1v) is 6.65. The Bertz CT molecular complexity index is 481. The second-order valence-electron chi connectivity index (χ2n) is 2.31. The van der Waals surface area contributed by atoms with Crippen LogP contribution in [0, 0.1) is 9.81 Å². The SMILES string of the molecule is N.N.O=C(O[N+](=O)OP(=O)([O-])[O-])C(=O)O[N+](=O)OP(=O)(O)O. The van der Waals surface area contributed by atoms with E-state index in [4.69, 9.17) is 9.79 Å². The standard InChI is InChI=1S/C2H2N2O14P2.2H3N/c5-1(15-3(7)17-19(9,10)11)2(6)16-4(8)18-20(12,13)14;;/h(H2-2,9,10,11,12,13,14);2*1H3. The number of rotatable bonds is 6. The third-order valence-electron chi connectivity index (χ3n) is 0.821. The van der Waals surface area contributed by atoms with Crippen molar-refractivity contribution in [3.63, 3.8) is 0 Å². The lowest BCUT2D eigenvalue weighted by Crippen LogP contribution is -2.29. The van der Waals surface area contributed by atoms with E-state index in [9.17, 15) is 38.3 Å². The molecule has 0 bridgehead atoms. The highest BCUT2D eigenvalue weighted by molar-refractivity contribution is 7.46. The van der Waals surface area contributed by atoms with Gasteiger partial charge >= 0.3 is 29.9 Å². The van der Waals surface area contributed by atoms with E-state index in [2.05, 4.69) is 18.9 Å². The van der Waals surface area contributed by atoms with Crippen LogP contribution in [0.2, 0.25) is 0 Å². The summed E-state index contributed by atoms with van der Waals surface area (Å²) < 4.78 is 25.9. The summed E-state index contributed by atoms with van der Waals surface area (Å²) in [5, 5.41) is -3.09. The lowest BCUT2D eigenvalue weighted by Gasteiger charge is -2.17. The van der Waals surface area contributed by atoms with E-state index in [-0.39, 0.29) is 12.3 Å². The van der Waals surface area contributed by atoms with Crippen molar-refractivity contribution in [2.45, 2.75) is 0 Å². The second kappa shape index (κ2) is 9.07. The fourth-order valence-corrected chi connectivity index (χ4v) is 0.815. The Morgan fingerprint density at radius 3 is 1.45 bits per heavy atom. The molecule has 0 aliphatic heterocycles. The number of carbonyl (C=O) groups excluding carboxylic acids is 2. The molecule has 18 nitrogen and oxygen atoms in total. The predicted octanol–water partition coefficient (Wildman–Crippen LogP) is -3.43. The molecule has 0 radical (unpaired) electrons. The summed E-state index contributed by atoms with van der Waals surface area (Å²) in [5.74, 6) is -4.76. The summed E-state index contributed by atoms with van der Waals surface area (Å²) in [6.07, 6.45) is 0. The molecule has 20 heteroatoms. The van der Waals surface area contributed by atoms with Crippen molar-refractivity contribution in [1.29, 1.82) is 0 Å². The first-order valence-electron chi connectivity index (χ1n) is 3.66. The van der Waals surface area contributed by atoms with Gasteiger partial charge in [0.05, 0.1) is 0 Å². The van der Waals surface area contributed by atoms with Crippen LogP contribution in [0.1, 0.15) is 0 Å². The summed E-state index contributed by atoms with van der Waals surface area (Å²) >= 11 is 0. The van der Waals surface area contributed by atoms with Gasteiger partial charge in [0.2, 0.25) is 7.82 Å². The number of hydrogen-bond donors (Lipinski definition) is 4. The molecule has 0 aliphatic carbocycles. The highest BCUT2D eigenvalue weighted by Gasteiger charge is 2.40. The molecule has 0 unspecified atom stereocenters. The van der Waals surface area contributed by atoms with Gasteiger partial charge in [-0.3, -0.25) is 9.79 Å². The summed E-state index contributed by atoms with van der Waals surface area (Å²) in [6.45, 7) is 0. The minimum atomic E-state index is -5.88. The van der Waals surface area contributed by atoms with Gasteiger partial charge in [-0.25, -0.2) is 14.2 Å². The average molecular weight is 374 g/mol. The molecule has 0 aromatic rings. The molecular weight excluding hydrogens is 366 g/mol. The molecule has 0 aliphatic rings. The number of carbonyl (C=O) groups is 2. The van der Waals surface area contributed by atoms with Gasteiger partial charge in [0.15, 0.2) is 0 Å². The van der Waals surface area contributed by atoms with Crippen molar-refractivity contribution in [3.05, 3.63) is 9.81 Å². The Morgan fingerprint density at radius 2 is 1.18 bits per heavy atom. The molecule has 22 heavy (non-hydrogen) atoms. The number of hydrogen-bond acceptors (Lipinski definition) is 14. The van der Waals surface area contributed by atoms with Crippen molar-refractivity contribution >= 4 is 27.6 Å². The first kappa shape index (κ1) is 24.9. The Labute approximate surface area is 118 Å². The molecule has 0 rings (SSSR count). The summed E-state index contributed by atoms with van der Waals surface area (Å²) in [5.41, 5.74) is 0. The van der Waals surface area contributed by atoms with Gasteiger partial charge in [-0.05, 0) is 0 Å². The molecule has 0 amide bonds. The van der Waals surface area contributed by atoms with Crippen LogP contribution in [0.15, 0.2) is 0 Å². The third kappa shape index (κ3) is 13.0. The Kier molecular flexibility index (Phi) is 10.3. The first-order chi connectivity index (χ1) is 8.80. The number of nitrogens with zero attached hydrogens (tertiary/aromatic N) is 2. The maximum Gasteiger partial charge on any atom is 0.592 e. The molecule has 0 heterocycles. The summed E-state index contributed by atoms with van der Waals surface area (Å²) in [4.78, 5) is 84.2. The van der Waals surface area contributed by atoms with Gasteiger partial charge in [-0.1, -0.05) is 14.3 Å². The summed E-state index contributed by atoms with van der Waals surface area (Å²) in [7, 11) is -11.3. The molecule has 0 saturated heterocycles. The Morgan fingerprint density at radius 1 is 0.864 bits per heavy atom. The van der Waals surface area contributed by atoms with Crippen LogP contribution in [0.4, 0.5) is 0 Å². The van der Waals surface area contributed by atoms with Crippen molar-refractivity contribution in [2.75, 3.05) is 0 Å². The van der Waals surface area contributed by atoms with E-state index >= 15 is 0 Å². The highest BCUT2D eigenvalue weighted by Crippen LogP contribution is 2.35. The second-order valence-corrected chi connectivity index (χ2v) is 4.51. The predicted molar refractivity (Wildman–Crippen MR) is 51.3 cm³/mol. The Balaban J connectivity index is -0.00000180. The fourth-order valence-electron chi connectivity index (χ4n) is 0.412. The van der Waals surface area contributed by atoms with Gasteiger partial charge in [0, 0.05) is 0 Å². The van der Waals surface area contributed by atoms with E-state index in [1.165, 1.54) is 0 Å². The average Bonchev–Trinajstić information content (AvgIpc) is 2.10. The van der Waals surface area contributed by atoms with Crippen LogP contribution in [0.25, 0.3) is 0 Å². The van der Waals surface area contributed by atoms with Crippen LogP contribution in [-0.2, 0) is 37.6 Å². The van der Waals surface area contributed by atoms with Crippen LogP contribution < -0.4 is 22.1 Å². The Hall–Kier alpha value is -2.04. The van der Waals surface area contributed by atoms with Crippen molar-refractivity contribution in [2.24, 2.45) is 0 Å². The van der Waals surface area contributed by atoms with E-state index in [0.717, 1.165) is 0 Å². The highest BCUT2D eigenvalue weighted by atomic mass is 31.2. The summed E-state index contributed by atoms with van der Waals surface area (Å²) in [6, 6.07) is 0. The van der Waals surface area contributed by atoms with Crippen molar-refractivity contribution in [1.82, 2.24) is 12.3 Å². The maximum absolute atomic E-state index is 10.6. The van der Waals surface area contributed by atoms with Gasteiger partial charge in [-0.15, -0.1) is 0 Å². The van der Waals surface area contributed by atoms with Crippen LogP contribution >= 0.6 is 15.6 Å². The topological polar surface area (TPSA) is 302 Å². The molecule has 0 saturated carbocycles. The smallest absolute Gasteiger partial charge is 0.592 e. The van der Waals surface area contributed by atoms with Crippen LogP contribution in [0.3, 0.4) is 0 Å². The molecule has 130 valence electrons. The fraction of sp³-hybridized carbons (Fsp3) is 0. The van der Waals surface area contributed by atoms with Gasteiger partial charge in [-0.2, -0.15) is 4.62 Å². The quantitative estimate of drug-likeness (QED) is 0.199. The molecular formula is C2H8N4O14P2. The van der Waals surface area contributed by atoms with Gasteiger partial charge in [0.1, 0.15) is 9.81 Å². The lowest BCUT2D eigenvalue weighted by atomic mass is 10.7. The molecule has 0 atom stereocenters. The van der Waals surface area contributed by atoms with E-state index in [0.29, 0.717) is 0 Å². The molecule has 0 aromatic heterocycles. The van der Waals surface area contributed by atoms with Crippen LogP contribution in [0.5, 0.6) is 0 Å². The van der Waals surface area contributed by atoms with E-state index in [1.54, 1.807) is 0 Å². The maximum atomic E-state index is 10.6. The zero-order valence-electron chi connectivity index (χ0n) is 10.00. The largest absolute Gasteiger partial charge is 0.775 e. The zero-order valence-corrected chi connectivity index (χ0v) is 11.8. The molecule has 8 N–H and O–H groups in total. The van der Waals surface area contributed by atoms with Crippen molar-refractivity contribution in [3.8, 4) is 0 Å². The van der Waals surface area contributed by atoms with Gasteiger partial charge in [0.25, 0.3) is 0 Å². The monoisotopic (exact) mass is 374 g/mol. The lowest BCUT2D eigenvalue weighted by molar-refractivity contribution is -0.946. The van der Waals surface area contributed by atoms with Crippen LogP contribution in [-0.4, -0.2) is 31.9 Å². The number of phosphoric acid groups is 2. The van der Waals surface area contributed by atoms with E-state index in [1.807, 2.05) is 0 Å². The molecule has 0 fully saturated rings. The minimum Gasteiger partial charge on any atom is -0.775 e. The molecule has 0 aromatic carbocycles. The van der Waals surface area contributed by atoms with E-state index < -0.39 is 37.8 Å².